The molecule has 0 aromatic heterocycles. The van der Waals surface area contributed by atoms with E-state index in [4.69, 9.17) is 0 Å². The maximum absolute atomic E-state index is 13.5. The van der Waals surface area contributed by atoms with E-state index in [9.17, 15) is 13.6 Å². The number of carbonyl (C=O) groups excluding carboxylic acids is 1. The molecule has 0 N–H and O–H groups in total. The van der Waals surface area contributed by atoms with E-state index in [-0.39, 0.29) is 29.6 Å². The lowest BCUT2D eigenvalue weighted by Gasteiger charge is -2.40. The van der Waals surface area contributed by atoms with Crippen LogP contribution in [0.15, 0.2) is 48.5 Å². The Labute approximate surface area is 174 Å². The van der Waals surface area contributed by atoms with E-state index >= 15 is 0 Å². The zero-order valence-electron chi connectivity index (χ0n) is 16.4. The molecule has 1 amide bonds. The van der Waals surface area contributed by atoms with Gasteiger partial charge in [-0.05, 0) is 42.4 Å². The molecule has 2 fully saturated rings. The van der Waals surface area contributed by atoms with Crippen LogP contribution >= 0.6 is 11.8 Å². The minimum absolute atomic E-state index is 0.0310. The first-order valence-electron chi connectivity index (χ1n) is 9.84. The largest absolute Gasteiger partial charge is 0.339 e. The van der Waals surface area contributed by atoms with Crippen molar-refractivity contribution in [3.8, 4) is 0 Å². The van der Waals surface area contributed by atoms with Gasteiger partial charge in [0.05, 0.1) is 12.1 Å². The van der Waals surface area contributed by atoms with Crippen molar-refractivity contribution in [1.82, 2.24) is 14.7 Å². The van der Waals surface area contributed by atoms with Crippen molar-refractivity contribution in [1.29, 1.82) is 0 Å². The van der Waals surface area contributed by atoms with Gasteiger partial charge in [0.2, 0.25) is 5.91 Å². The van der Waals surface area contributed by atoms with Gasteiger partial charge in [-0.3, -0.25) is 14.6 Å². The summed E-state index contributed by atoms with van der Waals surface area (Å²) in [5.41, 5.74) is 1.93. The van der Waals surface area contributed by atoms with Crippen molar-refractivity contribution in [2.24, 2.45) is 0 Å². The Morgan fingerprint density at radius 1 is 0.931 bits per heavy atom. The van der Waals surface area contributed by atoms with Crippen LogP contribution in [0.25, 0.3) is 0 Å². The van der Waals surface area contributed by atoms with E-state index in [2.05, 4.69) is 9.80 Å². The quantitative estimate of drug-likeness (QED) is 0.764. The molecule has 2 aromatic carbocycles. The Balaban J connectivity index is 1.51. The highest BCUT2D eigenvalue weighted by atomic mass is 32.2. The number of benzene rings is 2. The van der Waals surface area contributed by atoms with Crippen LogP contribution in [0.3, 0.4) is 0 Å². The topological polar surface area (TPSA) is 26.8 Å². The maximum atomic E-state index is 13.5. The molecule has 1 atom stereocenters. The maximum Gasteiger partial charge on any atom is 0.240 e. The molecule has 2 saturated heterocycles. The van der Waals surface area contributed by atoms with Crippen LogP contribution in [0, 0.1) is 11.6 Å². The number of hydrogen-bond acceptors (Lipinski definition) is 4. The number of thioether (sulfide) groups is 1. The third kappa shape index (κ3) is 4.47. The summed E-state index contributed by atoms with van der Waals surface area (Å²) in [7, 11) is 2.00. The summed E-state index contributed by atoms with van der Waals surface area (Å²) in [6.45, 7) is 2.75. The standard InChI is InChI=1S/C22H25F2N3OS/c1-25-15-29-14-20(25)22(28)27-12-10-26(11-13-27)21(16-2-6-18(23)7-3-16)17-4-8-19(24)9-5-17/h2-9,20-21H,10-15H2,1H3/t20-/m0/s1. The lowest BCUT2D eigenvalue weighted by molar-refractivity contribution is -0.137. The Hall–Kier alpha value is -1.96. The number of rotatable bonds is 4. The number of halogens is 2. The summed E-state index contributed by atoms with van der Waals surface area (Å²) in [6.07, 6.45) is 0. The minimum atomic E-state index is -0.277. The predicted octanol–water partition coefficient (Wildman–Crippen LogP) is 3.20. The molecule has 0 radical (unpaired) electrons. The van der Waals surface area contributed by atoms with Gasteiger partial charge < -0.3 is 4.90 Å². The molecule has 0 bridgehead atoms. The monoisotopic (exact) mass is 417 g/mol. The van der Waals surface area contributed by atoms with Crippen LogP contribution in [0.4, 0.5) is 8.78 Å². The van der Waals surface area contributed by atoms with E-state index in [0.717, 1.165) is 35.8 Å². The summed E-state index contributed by atoms with van der Waals surface area (Å²) in [4.78, 5) is 19.2. The van der Waals surface area contributed by atoms with E-state index in [1.807, 2.05) is 11.9 Å². The second-order valence-electron chi connectivity index (χ2n) is 7.64. The molecule has 2 aliphatic rings. The Bertz CT molecular complexity index is 793. The van der Waals surface area contributed by atoms with Crippen molar-refractivity contribution < 1.29 is 13.6 Å². The summed E-state index contributed by atoms with van der Waals surface area (Å²) in [5, 5.41) is 0. The van der Waals surface area contributed by atoms with Crippen LogP contribution in [-0.4, -0.2) is 71.5 Å². The Morgan fingerprint density at radius 2 is 1.45 bits per heavy atom. The number of nitrogens with zero attached hydrogens (tertiary/aromatic N) is 3. The molecule has 7 heteroatoms. The highest BCUT2D eigenvalue weighted by Crippen LogP contribution is 2.30. The van der Waals surface area contributed by atoms with E-state index in [1.165, 1.54) is 24.3 Å². The fraction of sp³-hybridized carbons (Fsp3) is 0.409. The first-order chi connectivity index (χ1) is 14.0. The van der Waals surface area contributed by atoms with Crippen molar-refractivity contribution in [3.63, 3.8) is 0 Å². The fourth-order valence-electron chi connectivity index (χ4n) is 4.10. The molecule has 0 saturated carbocycles. The van der Waals surface area contributed by atoms with Crippen LogP contribution in [-0.2, 0) is 4.79 Å². The van der Waals surface area contributed by atoms with Crippen LogP contribution in [0.1, 0.15) is 17.2 Å². The van der Waals surface area contributed by atoms with Gasteiger partial charge in [-0.1, -0.05) is 24.3 Å². The van der Waals surface area contributed by atoms with Gasteiger partial charge >= 0.3 is 0 Å². The molecular weight excluding hydrogens is 392 g/mol. The fourth-order valence-corrected chi connectivity index (χ4v) is 5.29. The number of amides is 1. The smallest absolute Gasteiger partial charge is 0.240 e. The third-order valence-electron chi connectivity index (χ3n) is 5.75. The minimum Gasteiger partial charge on any atom is -0.339 e. The summed E-state index contributed by atoms with van der Waals surface area (Å²) >= 11 is 1.79. The van der Waals surface area contributed by atoms with Crippen molar-refractivity contribution >= 4 is 17.7 Å². The summed E-state index contributed by atoms with van der Waals surface area (Å²) in [6, 6.07) is 12.8. The van der Waals surface area contributed by atoms with Gasteiger partial charge in [-0.15, -0.1) is 11.8 Å². The Morgan fingerprint density at radius 3 is 1.90 bits per heavy atom. The zero-order chi connectivity index (χ0) is 20.4. The van der Waals surface area contributed by atoms with Crippen molar-refractivity contribution in [3.05, 3.63) is 71.3 Å². The molecule has 29 heavy (non-hydrogen) atoms. The van der Waals surface area contributed by atoms with Crippen LogP contribution in [0.2, 0.25) is 0 Å². The SMILES string of the molecule is CN1CSC[C@H]1C(=O)N1CCN(C(c2ccc(F)cc2)c2ccc(F)cc2)CC1. The van der Waals surface area contributed by atoms with Gasteiger partial charge in [0, 0.05) is 37.8 Å². The third-order valence-corrected chi connectivity index (χ3v) is 6.89. The first-order valence-corrected chi connectivity index (χ1v) is 11.0. The van der Waals surface area contributed by atoms with Crippen LogP contribution in [0.5, 0.6) is 0 Å². The molecule has 4 nitrogen and oxygen atoms in total. The molecule has 0 unspecified atom stereocenters. The normalized spacial score (nSPS) is 21.1. The first kappa shape index (κ1) is 20.3. The molecule has 2 aliphatic heterocycles. The highest BCUT2D eigenvalue weighted by molar-refractivity contribution is 7.99. The lowest BCUT2D eigenvalue weighted by Crippen LogP contribution is -2.54. The van der Waals surface area contributed by atoms with Gasteiger partial charge in [0.25, 0.3) is 0 Å². The second-order valence-corrected chi connectivity index (χ2v) is 8.64. The summed E-state index contributed by atoms with van der Waals surface area (Å²) < 4.78 is 26.9. The van der Waals surface area contributed by atoms with Gasteiger partial charge in [-0.2, -0.15) is 0 Å². The number of likely N-dealkylation sites (N-methyl/N-ethyl adjacent to an activating group) is 1. The average Bonchev–Trinajstić information content (AvgIpc) is 3.17. The van der Waals surface area contributed by atoms with E-state index < -0.39 is 0 Å². The van der Waals surface area contributed by atoms with Gasteiger partial charge in [-0.25, -0.2) is 8.78 Å². The molecule has 4 rings (SSSR count). The lowest BCUT2D eigenvalue weighted by atomic mass is 9.96. The average molecular weight is 418 g/mol. The van der Waals surface area contributed by atoms with E-state index in [1.54, 1.807) is 36.0 Å². The molecule has 0 spiro atoms. The molecular formula is C22H25F2N3OS. The van der Waals surface area contributed by atoms with Crippen molar-refractivity contribution in [2.45, 2.75) is 12.1 Å². The molecule has 154 valence electrons. The van der Waals surface area contributed by atoms with Crippen molar-refractivity contribution in [2.75, 3.05) is 44.9 Å². The van der Waals surface area contributed by atoms with Gasteiger partial charge in [0.15, 0.2) is 0 Å². The Kier molecular flexibility index (Phi) is 6.18. The number of piperazine rings is 1. The molecule has 2 heterocycles. The number of carbonyl (C=O) groups is 1. The molecule has 2 aromatic rings. The van der Waals surface area contributed by atoms with Gasteiger partial charge in [0.1, 0.15) is 11.6 Å². The van der Waals surface area contributed by atoms with Crippen LogP contribution < -0.4 is 0 Å². The second kappa shape index (κ2) is 8.81. The highest BCUT2D eigenvalue weighted by Gasteiger charge is 2.34. The summed E-state index contributed by atoms with van der Waals surface area (Å²) in [5.74, 6) is 1.40. The van der Waals surface area contributed by atoms with E-state index in [0.29, 0.717) is 13.1 Å². The molecule has 0 aliphatic carbocycles. The predicted molar refractivity (Wildman–Crippen MR) is 112 cm³/mol. The zero-order valence-corrected chi connectivity index (χ0v) is 17.2. The number of hydrogen-bond donors (Lipinski definition) is 0.